The molecule has 25 heavy (non-hydrogen) atoms. The summed E-state index contributed by atoms with van der Waals surface area (Å²) in [5, 5.41) is 15.9. The molecule has 0 atom stereocenters. The number of carbonyl (C=O) groups is 2. The number of carboxylic acids is 1. The fourth-order valence-electron chi connectivity index (χ4n) is 2.93. The van der Waals surface area contributed by atoms with E-state index in [2.05, 4.69) is 10.6 Å². The number of benzene rings is 1. The third-order valence-electron chi connectivity index (χ3n) is 4.14. The van der Waals surface area contributed by atoms with Gasteiger partial charge in [-0.05, 0) is 49.1 Å². The molecule has 0 unspecified atom stereocenters. The monoisotopic (exact) mass is 360 g/mol. The molecule has 6 nitrogen and oxygen atoms in total. The highest BCUT2D eigenvalue weighted by Crippen LogP contribution is 2.39. The molecule has 1 heterocycles. The van der Waals surface area contributed by atoms with Gasteiger partial charge in [-0.15, -0.1) is 11.3 Å². The number of carbonyl (C=O) groups excluding carboxylic acids is 1. The van der Waals surface area contributed by atoms with E-state index < -0.39 is 5.97 Å². The van der Waals surface area contributed by atoms with E-state index >= 15 is 0 Å². The molecular weight excluding hydrogens is 340 g/mol. The molecule has 0 fully saturated rings. The van der Waals surface area contributed by atoms with Crippen LogP contribution in [0.5, 0.6) is 0 Å². The Bertz CT molecular complexity index is 783. The summed E-state index contributed by atoms with van der Waals surface area (Å²) in [6.07, 6.45) is 2.64. The molecular formula is C18H20N2O4S. The van der Waals surface area contributed by atoms with Crippen molar-refractivity contribution < 1.29 is 19.4 Å². The molecule has 0 aliphatic heterocycles. The average Bonchev–Trinajstić information content (AvgIpc) is 3.15. The van der Waals surface area contributed by atoms with Crippen LogP contribution < -0.4 is 10.6 Å². The first-order valence-electron chi connectivity index (χ1n) is 8.12. The molecule has 1 aromatic carbocycles. The van der Waals surface area contributed by atoms with Crippen molar-refractivity contribution in [2.24, 2.45) is 0 Å². The predicted molar refractivity (Wildman–Crippen MR) is 98.1 cm³/mol. The van der Waals surface area contributed by atoms with Crippen LogP contribution in [0.25, 0.3) is 0 Å². The van der Waals surface area contributed by atoms with Crippen LogP contribution in [0.4, 0.5) is 10.7 Å². The van der Waals surface area contributed by atoms with Gasteiger partial charge < -0.3 is 20.5 Å². The summed E-state index contributed by atoms with van der Waals surface area (Å²) in [4.78, 5) is 25.1. The molecule has 0 radical (unpaired) electrons. The maximum Gasteiger partial charge on any atom is 0.339 e. The number of aromatic carboxylic acids is 1. The zero-order valence-corrected chi connectivity index (χ0v) is 14.7. The van der Waals surface area contributed by atoms with Gasteiger partial charge in [0.15, 0.2) is 0 Å². The van der Waals surface area contributed by atoms with Crippen LogP contribution in [0, 0.1) is 0 Å². The van der Waals surface area contributed by atoms with Crippen LogP contribution in [0.15, 0.2) is 24.3 Å². The molecule has 132 valence electrons. The van der Waals surface area contributed by atoms with E-state index in [0.717, 1.165) is 35.4 Å². The Labute approximate surface area is 149 Å². The lowest BCUT2D eigenvalue weighted by molar-refractivity contribution is 0.0697. The molecule has 0 spiro atoms. The lowest BCUT2D eigenvalue weighted by atomic mass is 10.1. The zero-order chi connectivity index (χ0) is 17.8. The Balaban J connectivity index is 1.71. The number of amides is 1. The lowest BCUT2D eigenvalue weighted by Crippen LogP contribution is -2.14. The summed E-state index contributed by atoms with van der Waals surface area (Å²) >= 11 is 1.38. The molecule has 1 aromatic heterocycles. The summed E-state index contributed by atoms with van der Waals surface area (Å²) in [5.74, 6) is -1.28. The van der Waals surface area contributed by atoms with Crippen molar-refractivity contribution in [2.45, 2.75) is 19.3 Å². The van der Waals surface area contributed by atoms with Crippen LogP contribution >= 0.6 is 11.3 Å². The van der Waals surface area contributed by atoms with E-state index in [4.69, 9.17) is 4.74 Å². The second kappa shape index (κ2) is 7.67. The van der Waals surface area contributed by atoms with E-state index in [-0.39, 0.29) is 11.5 Å². The lowest BCUT2D eigenvalue weighted by Gasteiger charge is -2.08. The second-order valence-electron chi connectivity index (χ2n) is 5.82. The normalized spacial score (nSPS) is 12.7. The molecule has 3 rings (SSSR count). The van der Waals surface area contributed by atoms with Crippen LogP contribution in [-0.4, -0.2) is 37.2 Å². The molecule has 0 bridgehead atoms. The molecule has 1 aliphatic rings. The van der Waals surface area contributed by atoms with Gasteiger partial charge in [0.1, 0.15) is 5.00 Å². The zero-order valence-electron chi connectivity index (χ0n) is 13.9. The Morgan fingerprint density at radius 1 is 1.24 bits per heavy atom. The van der Waals surface area contributed by atoms with Gasteiger partial charge in [0, 0.05) is 29.8 Å². The fraction of sp³-hybridized carbons (Fsp3) is 0.333. The van der Waals surface area contributed by atoms with Crippen molar-refractivity contribution in [2.75, 3.05) is 30.9 Å². The topological polar surface area (TPSA) is 87.7 Å². The highest BCUT2D eigenvalue weighted by molar-refractivity contribution is 7.17. The molecule has 0 saturated heterocycles. The third-order valence-corrected chi connectivity index (χ3v) is 5.35. The number of nitrogens with one attached hydrogen (secondary N) is 2. The predicted octanol–water partition coefficient (Wildman–Crippen LogP) is 3.25. The quantitative estimate of drug-likeness (QED) is 0.660. The largest absolute Gasteiger partial charge is 0.478 e. The standard InChI is InChI=1S/C18H20N2O4S/c1-24-10-9-19-12-7-5-11(6-8-12)16(21)20-17-15(18(22)23)13-3-2-4-14(13)25-17/h5-8,19H,2-4,9-10H2,1H3,(H,20,21)(H,22,23). The van der Waals surface area contributed by atoms with Crippen molar-refractivity contribution >= 4 is 33.9 Å². The first kappa shape index (κ1) is 17.4. The van der Waals surface area contributed by atoms with E-state index in [0.29, 0.717) is 23.7 Å². The van der Waals surface area contributed by atoms with Gasteiger partial charge >= 0.3 is 5.97 Å². The number of aryl methyl sites for hydroxylation is 1. The van der Waals surface area contributed by atoms with E-state index in [1.807, 2.05) is 12.1 Å². The average molecular weight is 360 g/mol. The van der Waals surface area contributed by atoms with Crippen molar-refractivity contribution in [3.05, 3.63) is 45.8 Å². The highest BCUT2D eigenvalue weighted by atomic mass is 32.1. The van der Waals surface area contributed by atoms with Gasteiger partial charge in [0.25, 0.3) is 5.91 Å². The second-order valence-corrected chi connectivity index (χ2v) is 6.92. The van der Waals surface area contributed by atoms with Crippen molar-refractivity contribution in [1.82, 2.24) is 0 Å². The summed E-state index contributed by atoms with van der Waals surface area (Å²) in [7, 11) is 1.64. The molecule has 1 aliphatic carbocycles. The summed E-state index contributed by atoms with van der Waals surface area (Å²) in [6.45, 7) is 1.29. The van der Waals surface area contributed by atoms with Gasteiger partial charge in [-0.3, -0.25) is 4.79 Å². The Kier molecular flexibility index (Phi) is 5.35. The third kappa shape index (κ3) is 3.83. The minimum Gasteiger partial charge on any atom is -0.478 e. The summed E-state index contributed by atoms with van der Waals surface area (Å²) in [6, 6.07) is 7.06. The number of hydrogen-bond acceptors (Lipinski definition) is 5. The van der Waals surface area contributed by atoms with E-state index in [1.54, 1.807) is 19.2 Å². The number of fused-ring (bicyclic) bond motifs is 1. The number of rotatable bonds is 7. The molecule has 7 heteroatoms. The first-order chi connectivity index (χ1) is 12.1. The number of thiophene rings is 1. The number of carboxylic acid groups (broad SMARTS) is 1. The van der Waals surface area contributed by atoms with Crippen LogP contribution in [0.1, 0.15) is 37.6 Å². The van der Waals surface area contributed by atoms with Crippen LogP contribution in [0.2, 0.25) is 0 Å². The van der Waals surface area contributed by atoms with Crippen LogP contribution in [0.3, 0.4) is 0 Å². The minimum absolute atomic E-state index is 0.253. The van der Waals surface area contributed by atoms with Crippen molar-refractivity contribution in [3.63, 3.8) is 0 Å². The Hall–Kier alpha value is -2.38. The van der Waals surface area contributed by atoms with Gasteiger partial charge in [-0.1, -0.05) is 0 Å². The fourth-order valence-corrected chi connectivity index (χ4v) is 4.21. The summed E-state index contributed by atoms with van der Waals surface area (Å²) in [5.41, 5.74) is 2.52. The number of anilines is 2. The van der Waals surface area contributed by atoms with Gasteiger partial charge in [-0.2, -0.15) is 0 Å². The number of ether oxygens (including phenoxy) is 1. The van der Waals surface area contributed by atoms with Crippen LogP contribution in [-0.2, 0) is 17.6 Å². The van der Waals surface area contributed by atoms with E-state index in [9.17, 15) is 14.7 Å². The molecule has 2 aromatic rings. The highest BCUT2D eigenvalue weighted by Gasteiger charge is 2.27. The Morgan fingerprint density at radius 2 is 2.00 bits per heavy atom. The van der Waals surface area contributed by atoms with Crippen molar-refractivity contribution in [3.8, 4) is 0 Å². The van der Waals surface area contributed by atoms with Gasteiger partial charge in [0.2, 0.25) is 0 Å². The minimum atomic E-state index is -0.979. The maximum atomic E-state index is 12.4. The number of hydrogen-bond donors (Lipinski definition) is 3. The maximum absolute atomic E-state index is 12.4. The van der Waals surface area contributed by atoms with Gasteiger partial charge in [0.05, 0.1) is 12.2 Å². The molecule has 3 N–H and O–H groups in total. The molecule has 0 saturated carbocycles. The SMILES string of the molecule is COCCNc1ccc(C(=O)Nc2sc3c(c2C(=O)O)CCC3)cc1. The van der Waals surface area contributed by atoms with Gasteiger partial charge in [-0.25, -0.2) is 4.79 Å². The van der Waals surface area contributed by atoms with E-state index in [1.165, 1.54) is 11.3 Å². The first-order valence-corrected chi connectivity index (χ1v) is 8.94. The molecule has 1 amide bonds. The van der Waals surface area contributed by atoms with Crippen molar-refractivity contribution in [1.29, 1.82) is 0 Å². The Morgan fingerprint density at radius 3 is 2.68 bits per heavy atom. The smallest absolute Gasteiger partial charge is 0.339 e. The number of methoxy groups -OCH3 is 1. The summed E-state index contributed by atoms with van der Waals surface area (Å²) < 4.78 is 4.97.